The van der Waals surface area contributed by atoms with Gasteiger partial charge < -0.3 is 0 Å². The van der Waals surface area contributed by atoms with Crippen LogP contribution >= 0.6 is 11.8 Å². The van der Waals surface area contributed by atoms with Crippen LogP contribution in [0.5, 0.6) is 0 Å². The van der Waals surface area contributed by atoms with Crippen LogP contribution in [0, 0.1) is 0 Å². The van der Waals surface area contributed by atoms with E-state index in [-0.39, 0.29) is 16.8 Å². The molecular weight excluding hydrogens is 466 g/mol. The minimum absolute atomic E-state index is 0.0234. The summed E-state index contributed by atoms with van der Waals surface area (Å²) in [6, 6.07) is 20.4. The van der Waals surface area contributed by atoms with E-state index < -0.39 is 10.0 Å². The van der Waals surface area contributed by atoms with Gasteiger partial charge in [0.2, 0.25) is 10.0 Å². The summed E-state index contributed by atoms with van der Waals surface area (Å²) >= 11 is 1.37. The summed E-state index contributed by atoms with van der Waals surface area (Å²) in [7, 11) is -3.77. The van der Waals surface area contributed by atoms with Crippen molar-refractivity contribution in [2.24, 2.45) is 10.1 Å². The maximum atomic E-state index is 13.6. The van der Waals surface area contributed by atoms with Crippen molar-refractivity contribution in [3.63, 3.8) is 0 Å². The summed E-state index contributed by atoms with van der Waals surface area (Å²) in [4.78, 5) is 20.9. The molecule has 0 spiro atoms. The van der Waals surface area contributed by atoms with E-state index in [9.17, 15) is 13.2 Å². The molecule has 5 rings (SSSR count). The number of amidine groups is 1. The van der Waals surface area contributed by atoms with Crippen molar-refractivity contribution in [2.45, 2.75) is 43.0 Å². The second-order valence-electron chi connectivity index (χ2n) is 8.58. The molecule has 1 heterocycles. The molecule has 1 amide bonds. The Balaban J connectivity index is 1.54. The number of sulfonamides is 1. The summed E-state index contributed by atoms with van der Waals surface area (Å²) in [5, 5.41) is 8.06. The Bertz CT molecular complexity index is 1400. The van der Waals surface area contributed by atoms with Crippen molar-refractivity contribution in [3.8, 4) is 0 Å². The Morgan fingerprint density at radius 3 is 2.38 bits per heavy atom. The molecule has 0 unspecified atom stereocenters. The lowest BCUT2D eigenvalue weighted by molar-refractivity contribution is -0.124. The van der Waals surface area contributed by atoms with Gasteiger partial charge in [0.1, 0.15) is 0 Å². The molecule has 8 heteroatoms. The Labute approximate surface area is 203 Å². The summed E-state index contributed by atoms with van der Waals surface area (Å²) < 4.78 is 23.2. The van der Waals surface area contributed by atoms with E-state index in [4.69, 9.17) is 10.1 Å². The van der Waals surface area contributed by atoms with Crippen LogP contribution in [-0.4, -0.2) is 30.4 Å². The molecular formula is C26H25N3O3S2. The van der Waals surface area contributed by atoms with Crippen molar-refractivity contribution in [3.05, 3.63) is 77.2 Å². The second kappa shape index (κ2) is 9.37. The van der Waals surface area contributed by atoms with Gasteiger partial charge in [0.05, 0.1) is 15.5 Å². The molecule has 1 aliphatic heterocycles. The maximum Gasteiger partial charge on any atom is 0.267 e. The van der Waals surface area contributed by atoms with E-state index >= 15 is 0 Å². The molecule has 2 aliphatic rings. The number of hydrogen-bond donors (Lipinski definition) is 1. The number of nitrogens with zero attached hydrogens (tertiary/aromatic N) is 2. The first kappa shape index (κ1) is 22.8. The molecule has 174 valence electrons. The number of rotatable bonds is 4. The van der Waals surface area contributed by atoms with Crippen LogP contribution < -0.4 is 5.14 Å². The van der Waals surface area contributed by atoms with E-state index in [1.54, 1.807) is 12.1 Å². The monoisotopic (exact) mass is 491 g/mol. The molecule has 2 N–H and O–H groups in total. The number of nitrogens with two attached hydrogens (primary N) is 1. The first-order chi connectivity index (χ1) is 16.4. The molecule has 2 fully saturated rings. The van der Waals surface area contributed by atoms with Crippen LogP contribution in [0.15, 0.2) is 81.5 Å². The normalized spacial score (nSPS) is 20.0. The summed E-state index contributed by atoms with van der Waals surface area (Å²) in [5.74, 6) is -0.0234. The predicted octanol–water partition coefficient (Wildman–Crippen LogP) is 5.42. The summed E-state index contributed by atoms with van der Waals surface area (Å²) in [6.07, 6.45) is 7.24. The predicted molar refractivity (Wildman–Crippen MR) is 138 cm³/mol. The van der Waals surface area contributed by atoms with Gasteiger partial charge in [-0.05, 0) is 71.3 Å². The van der Waals surface area contributed by atoms with Crippen LogP contribution in [0.3, 0.4) is 0 Å². The number of primary sulfonamides is 1. The first-order valence-corrected chi connectivity index (χ1v) is 13.7. The van der Waals surface area contributed by atoms with Crippen molar-refractivity contribution >= 4 is 55.4 Å². The Morgan fingerprint density at radius 2 is 1.65 bits per heavy atom. The lowest BCUT2D eigenvalue weighted by Crippen LogP contribution is -2.40. The highest BCUT2D eigenvalue weighted by Gasteiger charge is 2.38. The standard InChI is InChI=1S/C26H25N3O3S2/c27-34(31,32)22-15-13-20(14-16-22)28-26-29(21-10-2-1-3-11-21)25(30)24(33-26)17-19-9-6-8-18-7-4-5-12-23(18)19/h4-9,12-17,21H,1-3,10-11H2,(H2,27,31,32). The minimum atomic E-state index is -3.77. The molecule has 0 aromatic heterocycles. The lowest BCUT2D eigenvalue weighted by atomic mass is 9.94. The van der Waals surface area contributed by atoms with Crippen molar-refractivity contribution in [1.29, 1.82) is 0 Å². The number of hydrogen-bond acceptors (Lipinski definition) is 5. The van der Waals surface area contributed by atoms with Crippen LogP contribution in [0.2, 0.25) is 0 Å². The van der Waals surface area contributed by atoms with E-state index in [1.165, 1.54) is 30.3 Å². The van der Waals surface area contributed by atoms with Crippen LogP contribution in [0.1, 0.15) is 37.7 Å². The van der Waals surface area contributed by atoms with Gasteiger partial charge in [0, 0.05) is 6.04 Å². The van der Waals surface area contributed by atoms with E-state index in [2.05, 4.69) is 18.2 Å². The average molecular weight is 492 g/mol. The number of benzene rings is 3. The third-order valence-corrected chi connectivity index (χ3v) is 8.19. The van der Waals surface area contributed by atoms with Crippen LogP contribution in [0.25, 0.3) is 16.8 Å². The number of amides is 1. The zero-order chi connectivity index (χ0) is 23.7. The van der Waals surface area contributed by atoms with Gasteiger partial charge >= 0.3 is 0 Å². The fourth-order valence-corrected chi connectivity index (χ4v) is 6.13. The molecule has 34 heavy (non-hydrogen) atoms. The highest BCUT2D eigenvalue weighted by Crippen LogP contribution is 2.39. The lowest BCUT2D eigenvalue weighted by Gasteiger charge is -2.30. The molecule has 0 bridgehead atoms. The number of fused-ring (bicyclic) bond motifs is 1. The van der Waals surface area contributed by atoms with E-state index in [0.29, 0.717) is 15.8 Å². The molecule has 3 aromatic rings. The molecule has 3 aromatic carbocycles. The van der Waals surface area contributed by atoms with Gasteiger partial charge in [-0.15, -0.1) is 0 Å². The van der Waals surface area contributed by atoms with E-state index in [1.807, 2.05) is 35.2 Å². The number of aliphatic imine (C=N–C) groups is 1. The van der Waals surface area contributed by atoms with Crippen molar-refractivity contribution < 1.29 is 13.2 Å². The topological polar surface area (TPSA) is 92.8 Å². The molecule has 0 atom stereocenters. The minimum Gasteiger partial charge on any atom is -0.283 e. The summed E-state index contributed by atoms with van der Waals surface area (Å²) in [6.45, 7) is 0. The zero-order valence-corrected chi connectivity index (χ0v) is 20.2. The third kappa shape index (κ3) is 4.66. The average Bonchev–Trinajstić information content (AvgIpc) is 3.14. The van der Waals surface area contributed by atoms with Gasteiger partial charge in [-0.3, -0.25) is 9.69 Å². The zero-order valence-electron chi connectivity index (χ0n) is 18.6. The quantitative estimate of drug-likeness (QED) is 0.493. The Morgan fingerprint density at radius 1 is 0.941 bits per heavy atom. The fraction of sp³-hybridized carbons (Fsp3) is 0.231. The summed E-state index contributed by atoms with van der Waals surface area (Å²) in [5.41, 5.74) is 1.58. The molecule has 1 saturated heterocycles. The maximum absolute atomic E-state index is 13.6. The van der Waals surface area contributed by atoms with Crippen LogP contribution in [-0.2, 0) is 14.8 Å². The first-order valence-electron chi connectivity index (χ1n) is 11.3. The highest BCUT2D eigenvalue weighted by atomic mass is 32.2. The van der Waals surface area contributed by atoms with E-state index in [0.717, 1.165) is 42.0 Å². The highest BCUT2D eigenvalue weighted by molar-refractivity contribution is 8.18. The van der Waals surface area contributed by atoms with Gasteiger partial charge in [-0.25, -0.2) is 18.5 Å². The molecule has 0 radical (unpaired) electrons. The smallest absolute Gasteiger partial charge is 0.267 e. The van der Waals surface area contributed by atoms with Gasteiger partial charge in [0.15, 0.2) is 5.17 Å². The van der Waals surface area contributed by atoms with Crippen molar-refractivity contribution in [1.82, 2.24) is 4.90 Å². The Hall–Kier alpha value is -2.94. The SMILES string of the molecule is NS(=O)(=O)c1ccc(N=C2SC(=Cc3cccc4ccccc34)C(=O)N2C2CCCCC2)cc1. The molecule has 1 saturated carbocycles. The molecule has 6 nitrogen and oxygen atoms in total. The second-order valence-corrected chi connectivity index (χ2v) is 11.1. The number of carbonyl (C=O) groups excluding carboxylic acids is 1. The largest absolute Gasteiger partial charge is 0.283 e. The molecule has 1 aliphatic carbocycles. The van der Waals surface area contributed by atoms with Gasteiger partial charge in [0.25, 0.3) is 5.91 Å². The fourth-order valence-electron chi connectivity index (χ4n) is 4.56. The van der Waals surface area contributed by atoms with Crippen LogP contribution in [0.4, 0.5) is 5.69 Å². The third-order valence-electron chi connectivity index (χ3n) is 6.28. The number of carbonyl (C=O) groups is 1. The van der Waals surface area contributed by atoms with Crippen molar-refractivity contribution in [2.75, 3.05) is 0 Å². The van der Waals surface area contributed by atoms with Gasteiger partial charge in [-0.1, -0.05) is 61.7 Å². The number of thioether (sulfide) groups is 1. The Kier molecular flexibility index (Phi) is 6.29. The van der Waals surface area contributed by atoms with Gasteiger partial charge in [-0.2, -0.15) is 0 Å².